The molecule has 0 aromatic carbocycles. The van der Waals surface area contributed by atoms with E-state index in [1.54, 1.807) is 0 Å². The van der Waals surface area contributed by atoms with E-state index in [-0.39, 0.29) is 0 Å². The van der Waals surface area contributed by atoms with Crippen LogP contribution in [0.1, 0.15) is 52.9 Å². The highest BCUT2D eigenvalue weighted by Crippen LogP contribution is 2.23. The first-order valence-electron chi connectivity index (χ1n) is 6.70. The highest BCUT2D eigenvalue weighted by molar-refractivity contribution is 6.36. The van der Waals surface area contributed by atoms with Crippen molar-refractivity contribution in [1.82, 2.24) is 0 Å². The van der Waals surface area contributed by atoms with Crippen molar-refractivity contribution < 1.29 is 14.0 Å². The van der Waals surface area contributed by atoms with E-state index < -0.39 is 7.32 Å². The monoisotopic (exact) mass is 228 g/mol. The van der Waals surface area contributed by atoms with Crippen molar-refractivity contribution in [2.75, 3.05) is 13.2 Å². The van der Waals surface area contributed by atoms with Crippen molar-refractivity contribution in [3.8, 4) is 0 Å². The number of hydrogen-bond donors (Lipinski definition) is 0. The second-order valence-corrected chi connectivity index (χ2v) is 4.48. The Balaban J connectivity index is 2.30. The molecule has 1 rings (SSSR count). The minimum absolute atomic E-state index is 0.315. The first-order chi connectivity index (χ1) is 7.81. The van der Waals surface area contributed by atoms with Crippen molar-refractivity contribution >= 4 is 7.32 Å². The van der Waals surface area contributed by atoms with Crippen LogP contribution in [0, 0.1) is 5.92 Å². The van der Waals surface area contributed by atoms with Crippen LogP contribution in [-0.2, 0) is 14.0 Å². The molecular formula is C12H25BO3. The van der Waals surface area contributed by atoms with Gasteiger partial charge in [-0.1, -0.05) is 33.6 Å². The Morgan fingerprint density at radius 3 is 2.69 bits per heavy atom. The van der Waals surface area contributed by atoms with Crippen LogP contribution >= 0.6 is 0 Å². The summed E-state index contributed by atoms with van der Waals surface area (Å²) in [5.74, 6) is 0.533. The van der Waals surface area contributed by atoms with E-state index in [2.05, 4.69) is 20.8 Å². The summed E-state index contributed by atoms with van der Waals surface area (Å²) < 4.78 is 16.9. The van der Waals surface area contributed by atoms with Gasteiger partial charge in [0.15, 0.2) is 0 Å². The SMILES string of the molecule is CCCCOB1OCC(CC)C(CCC)O1. The van der Waals surface area contributed by atoms with Gasteiger partial charge < -0.3 is 14.0 Å². The molecular weight excluding hydrogens is 203 g/mol. The second kappa shape index (κ2) is 8.10. The second-order valence-electron chi connectivity index (χ2n) is 4.48. The third-order valence-electron chi connectivity index (χ3n) is 3.11. The third-order valence-corrected chi connectivity index (χ3v) is 3.11. The quantitative estimate of drug-likeness (QED) is 0.495. The van der Waals surface area contributed by atoms with Gasteiger partial charge in [-0.2, -0.15) is 0 Å². The zero-order valence-electron chi connectivity index (χ0n) is 10.9. The summed E-state index contributed by atoms with van der Waals surface area (Å²) in [6.45, 7) is 8.05. The van der Waals surface area contributed by atoms with Crippen LogP contribution in [0.5, 0.6) is 0 Å². The average molecular weight is 228 g/mol. The average Bonchev–Trinajstić information content (AvgIpc) is 2.30. The Morgan fingerprint density at radius 1 is 1.25 bits per heavy atom. The molecule has 3 nitrogen and oxygen atoms in total. The summed E-state index contributed by atoms with van der Waals surface area (Å²) in [6, 6.07) is 0. The van der Waals surface area contributed by atoms with Gasteiger partial charge in [0.05, 0.1) is 6.10 Å². The van der Waals surface area contributed by atoms with Gasteiger partial charge in [-0.3, -0.25) is 0 Å². The molecule has 1 aliphatic rings. The van der Waals surface area contributed by atoms with Gasteiger partial charge in [-0.25, -0.2) is 0 Å². The Morgan fingerprint density at radius 2 is 2.06 bits per heavy atom. The number of unbranched alkanes of at least 4 members (excludes halogenated alkanes) is 1. The Bertz CT molecular complexity index is 176. The Labute approximate surface area is 100 Å². The van der Waals surface area contributed by atoms with Gasteiger partial charge in [0.1, 0.15) is 0 Å². The van der Waals surface area contributed by atoms with Crippen LogP contribution in [0.15, 0.2) is 0 Å². The molecule has 0 aromatic heterocycles. The summed E-state index contributed by atoms with van der Waals surface area (Å²) >= 11 is 0. The molecule has 2 unspecified atom stereocenters. The van der Waals surface area contributed by atoms with Gasteiger partial charge in [0.25, 0.3) is 0 Å². The van der Waals surface area contributed by atoms with Gasteiger partial charge in [-0.05, 0) is 19.3 Å². The zero-order chi connectivity index (χ0) is 11.8. The molecule has 0 spiro atoms. The van der Waals surface area contributed by atoms with E-state index in [9.17, 15) is 0 Å². The van der Waals surface area contributed by atoms with E-state index in [0.717, 1.165) is 45.3 Å². The normalized spacial score (nSPS) is 26.1. The minimum Gasteiger partial charge on any atom is -0.386 e. The summed E-state index contributed by atoms with van der Waals surface area (Å²) in [5, 5.41) is 0. The maximum atomic E-state index is 5.83. The van der Waals surface area contributed by atoms with Crippen molar-refractivity contribution in [2.45, 2.75) is 59.0 Å². The fourth-order valence-corrected chi connectivity index (χ4v) is 1.98. The zero-order valence-corrected chi connectivity index (χ0v) is 10.9. The lowest BCUT2D eigenvalue weighted by Gasteiger charge is -2.33. The van der Waals surface area contributed by atoms with Gasteiger partial charge in [0.2, 0.25) is 0 Å². The van der Waals surface area contributed by atoms with Crippen LogP contribution in [-0.4, -0.2) is 26.6 Å². The maximum Gasteiger partial charge on any atom is 0.639 e. The van der Waals surface area contributed by atoms with Gasteiger partial charge in [0, 0.05) is 19.1 Å². The van der Waals surface area contributed by atoms with Crippen LogP contribution < -0.4 is 0 Å². The van der Waals surface area contributed by atoms with Crippen LogP contribution in [0.25, 0.3) is 0 Å². The maximum absolute atomic E-state index is 5.83. The van der Waals surface area contributed by atoms with Crippen LogP contribution in [0.3, 0.4) is 0 Å². The van der Waals surface area contributed by atoms with Crippen LogP contribution in [0.4, 0.5) is 0 Å². The van der Waals surface area contributed by atoms with Crippen molar-refractivity contribution in [3.05, 3.63) is 0 Å². The molecule has 0 amide bonds. The van der Waals surface area contributed by atoms with E-state index in [1.165, 1.54) is 0 Å². The predicted octanol–water partition coefficient (Wildman–Crippen LogP) is 3.03. The van der Waals surface area contributed by atoms with Gasteiger partial charge in [-0.15, -0.1) is 0 Å². The van der Waals surface area contributed by atoms with E-state index >= 15 is 0 Å². The van der Waals surface area contributed by atoms with Crippen molar-refractivity contribution in [1.29, 1.82) is 0 Å². The lowest BCUT2D eigenvalue weighted by molar-refractivity contribution is -0.0379. The van der Waals surface area contributed by atoms with Crippen molar-refractivity contribution in [3.63, 3.8) is 0 Å². The van der Waals surface area contributed by atoms with Crippen molar-refractivity contribution in [2.24, 2.45) is 5.92 Å². The standard InChI is InChI=1S/C12H25BO3/c1-4-7-9-14-13-15-10-11(6-3)12(16-13)8-5-2/h11-12H,4-10H2,1-3H3. The fraction of sp³-hybridized carbons (Fsp3) is 1.00. The summed E-state index contributed by atoms with van der Waals surface area (Å²) in [7, 11) is -0.425. The first-order valence-corrected chi connectivity index (χ1v) is 6.70. The molecule has 1 heterocycles. The molecule has 0 radical (unpaired) electrons. The highest BCUT2D eigenvalue weighted by Gasteiger charge is 2.35. The van der Waals surface area contributed by atoms with Crippen LogP contribution in [0.2, 0.25) is 0 Å². The first kappa shape index (κ1) is 14.0. The highest BCUT2D eigenvalue weighted by atomic mass is 16.7. The molecule has 16 heavy (non-hydrogen) atoms. The number of hydrogen-bond acceptors (Lipinski definition) is 3. The lowest BCUT2D eigenvalue weighted by Crippen LogP contribution is -2.44. The molecule has 94 valence electrons. The molecule has 1 fully saturated rings. The van der Waals surface area contributed by atoms with E-state index in [0.29, 0.717) is 12.0 Å². The topological polar surface area (TPSA) is 27.7 Å². The molecule has 0 bridgehead atoms. The molecule has 4 heteroatoms. The third kappa shape index (κ3) is 4.44. The molecule has 1 aliphatic heterocycles. The lowest BCUT2D eigenvalue weighted by atomic mass is 9.92. The number of rotatable bonds is 7. The predicted molar refractivity (Wildman–Crippen MR) is 66.1 cm³/mol. The minimum atomic E-state index is -0.425. The smallest absolute Gasteiger partial charge is 0.386 e. The fourth-order valence-electron chi connectivity index (χ4n) is 1.98. The summed E-state index contributed by atoms with van der Waals surface area (Å²) in [6.07, 6.45) is 5.90. The van der Waals surface area contributed by atoms with E-state index in [4.69, 9.17) is 14.0 Å². The molecule has 0 saturated carbocycles. The molecule has 0 aromatic rings. The molecule has 2 atom stereocenters. The molecule has 0 N–H and O–H groups in total. The molecule has 0 aliphatic carbocycles. The summed E-state index contributed by atoms with van der Waals surface area (Å²) in [4.78, 5) is 0. The molecule has 1 saturated heterocycles. The van der Waals surface area contributed by atoms with Gasteiger partial charge >= 0.3 is 7.32 Å². The largest absolute Gasteiger partial charge is 0.639 e. The Kier molecular flexibility index (Phi) is 7.09. The van der Waals surface area contributed by atoms with E-state index in [1.807, 2.05) is 0 Å². The summed E-state index contributed by atoms with van der Waals surface area (Å²) in [5.41, 5.74) is 0. The Hall–Kier alpha value is -0.0551.